The van der Waals surface area contributed by atoms with Gasteiger partial charge in [0, 0.05) is 36.5 Å². The van der Waals surface area contributed by atoms with Crippen LogP contribution >= 0.6 is 0 Å². The average molecular weight is 271 g/mol. The molecule has 20 heavy (non-hydrogen) atoms. The van der Waals surface area contributed by atoms with Crippen molar-refractivity contribution in [1.29, 1.82) is 0 Å². The molecule has 1 N–H and O–H groups in total. The van der Waals surface area contributed by atoms with Crippen molar-refractivity contribution in [2.24, 2.45) is 5.92 Å². The fourth-order valence-electron chi connectivity index (χ4n) is 2.74. The minimum absolute atomic E-state index is 0.387. The number of fused-ring (bicyclic) bond motifs is 1. The van der Waals surface area contributed by atoms with E-state index in [0.29, 0.717) is 12.0 Å². The van der Waals surface area contributed by atoms with Gasteiger partial charge in [0.25, 0.3) is 0 Å². The number of nitrogens with one attached hydrogen (secondary N) is 1. The normalized spacial score (nSPS) is 21.2. The molecule has 0 aliphatic carbocycles. The Morgan fingerprint density at radius 2 is 2.25 bits per heavy atom. The third-order valence-electron chi connectivity index (χ3n) is 3.81. The quantitative estimate of drug-likeness (QED) is 0.850. The van der Waals surface area contributed by atoms with E-state index in [1.807, 2.05) is 29.2 Å². The number of rotatable bonds is 5. The standard InChI is InChI=1S/C16H21N3O/c1-13-12-20-15-7-3-2-6-14(15)16(13)17-8-4-10-19-11-5-9-18-19/h2-3,5-7,9,11,13,16-17H,4,8,10,12H2,1H3. The number of benzene rings is 1. The van der Waals surface area contributed by atoms with E-state index in [4.69, 9.17) is 4.74 Å². The van der Waals surface area contributed by atoms with Crippen LogP contribution in [0.2, 0.25) is 0 Å². The van der Waals surface area contributed by atoms with Crippen molar-refractivity contribution in [3.05, 3.63) is 48.3 Å². The van der Waals surface area contributed by atoms with Crippen LogP contribution in [-0.2, 0) is 6.54 Å². The Morgan fingerprint density at radius 1 is 1.35 bits per heavy atom. The summed E-state index contributed by atoms with van der Waals surface area (Å²) in [4.78, 5) is 0. The molecule has 0 saturated carbocycles. The smallest absolute Gasteiger partial charge is 0.124 e. The van der Waals surface area contributed by atoms with Crippen LogP contribution in [0.5, 0.6) is 5.75 Å². The van der Waals surface area contributed by atoms with Crippen LogP contribution in [0, 0.1) is 5.92 Å². The first-order valence-electron chi connectivity index (χ1n) is 7.27. The Kier molecular flexibility index (Phi) is 4.02. The summed E-state index contributed by atoms with van der Waals surface area (Å²) < 4.78 is 7.75. The van der Waals surface area contributed by atoms with Gasteiger partial charge in [0.2, 0.25) is 0 Å². The minimum Gasteiger partial charge on any atom is -0.493 e. The van der Waals surface area contributed by atoms with Gasteiger partial charge in [0.1, 0.15) is 5.75 Å². The second-order valence-electron chi connectivity index (χ2n) is 5.38. The van der Waals surface area contributed by atoms with Gasteiger partial charge < -0.3 is 10.1 Å². The summed E-state index contributed by atoms with van der Waals surface area (Å²) in [6, 6.07) is 10.7. The van der Waals surface area contributed by atoms with E-state index in [1.165, 1.54) is 5.56 Å². The third-order valence-corrected chi connectivity index (χ3v) is 3.81. The molecule has 1 aliphatic heterocycles. The second-order valence-corrected chi connectivity index (χ2v) is 5.38. The predicted octanol–water partition coefficient (Wildman–Crippen LogP) is 2.63. The summed E-state index contributed by atoms with van der Waals surface area (Å²) in [5.74, 6) is 1.52. The second kappa shape index (κ2) is 6.09. The maximum atomic E-state index is 5.78. The number of aryl methyl sites for hydroxylation is 1. The molecule has 3 rings (SSSR count). The monoisotopic (exact) mass is 271 g/mol. The Bertz CT molecular complexity index is 538. The number of nitrogens with zero attached hydrogens (tertiary/aromatic N) is 2. The molecule has 0 radical (unpaired) electrons. The Balaban J connectivity index is 1.56. The highest BCUT2D eigenvalue weighted by molar-refractivity contribution is 5.37. The van der Waals surface area contributed by atoms with Gasteiger partial charge in [-0.1, -0.05) is 25.1 Å². The van der Waals surface area contributed by atoms with Gasteiger partial charge in [-0.2, -0.15) is 5.10 Å². The topological polar surface area (TPSA) is 39.1 Å². The minimum atomic E-state index is 0.387. The van der Waals surface area contributed by atoms with E-state index in [9.17, 15) is 0 Å². The predicted molar refractivity (Wildman–Crippen MR) is 78.7 cm³/mol. The molecule has 106 valence electrons. The largest absolute Gasteiger partial charge is 0.493 e. The first-order valence-corrected chi connectivity index (χ1v) is 7.27. The molecular weight excluding hydrogens is 250 g/mol. The van der Waals surface area contributed by atoms with Crippen molar-refractivity contribution in [3.63, 3.8) is 0 Å². The van der Waals surface area contributed by atoms with Crippen LogP contribution in [-0.4, -0.2) is 22.9 Å². The molecule has 2 aromatic rings. The van der Waals surface area contributed by atoms with Crippen LogP contribution in [0.3, 0.4) is 0 Å². The lowest BCUT2D eigenvalue weighted by molar-refractivity contribution is 0.188. The first-order chi connectivity index (χ1) is 9.84. The van der Waals surface area contributed by atoms with Gasteiger partial charge in [0.15, 0.2) is 0 Å². The molecule has 1 aliphatic rings. The number of aromatic nitrogens is 2. The molecule has 2 atom stereocenters. The zero-order valence-corrected chi connectivity index (χ0v) is 11.8. The molecule has 1 aromatic carbocycles. The first kappa shape index (κ1) is 13.2. The fourth-order valence-corrected chi connectivity index (χ4v) is 2.74. The van der Waals surface area contributed by atoms with Crippen LogP contribution in [0.1, 0.15) is 24.9 Å². The number of hydrogen-bond donors (Lipinski definition) is 1. The Labute approximate surface area is 119 Å². The van der Waals surface area contributed by atoms with Crippen LogP contribution in [0.25, 0.3) is 0 Å². The molecule has 2 unspecified atom stereocenters. The highest BCUT2D eigenvalue weighted by Gasteiger charge is 2.26. The molecule has 1 aromatic heterocycles. The van der Waals surface area contributed by atoms with Crippen molar-refractivity contribution < 1.29 is 4.74 Å². The summed E-state index contributed by atoms with van der Waals surface area (Å²) >= 11 is 0. The van der Waals surface area contributed by atoms with E-state index in [2.05, 4.69) is 35.5 Å². The summed E-state index contributed by atoms with van der Waals surface area (Å²) in [6.07, 6.45) is 4.91. The highest BCUT2D eigenvalue weighted by atomic mass is 16.5. The van der Waals surface area contributed by atoms with Gasteiger partial charge in [-0.3, -0.25) is 4.68 Å². The average Bonchev–Trinajstić information content (AvgIpc) is 2.98. The van der Waals surface area contributed by atoms with Gasteiger partial charge in [-0.15, -0.1) is 0 Å². The molecule has 0 fully saturated rings. The van der Waals surface area contributed by atoms with Gasteiger partial charge in [0.05, 0.1) is 6.61 Å². The number of hydrogen-bond acceptors (Lipinski definition) is 3. The fraction of sp³-hybridized carbons (Fsp3) is 0.438. The van der Waals surface area contributed by atoms with Crippen LogP contribution < -0.4 is 10.1 Å². The summed E-state index contributed by atoms with van der Waals surface area (Å²) in [5.41, 5.74) is 1.28. The van der Waals surface area contributed by atoms with Gasteiger partial charge >= 0.3 is 0 Å². The SMILES string of the molecule is CC1COc2ccccc2C1NCCCn1cccn1. The molecular formula is C16H21N3O. The maximum absolute atomic E-state index is 5.78. The van der Waals surface area contributed by atoms with E-state index in [0.717, 1.165) is 31.9 Å². The summed E-state index contributed by atoms with van der Waals surface area (Å²) in [7, 11) is 0. The molecule has 0 bridgehead atoms. The van der Waals surface area contributed by atoms with E-state index in [-0.39, 0.29) is 0 Å². The molecule has 0 saturated heterocycles. The van der Waals surface area contributed by atoms with Crippen molar-refractivity contribution in [1.82, 2.24) is 15.1 Å². The van der Waals surface area contributed by atoms with Crippen molar-refractivity contribution in [3.8, 4) is 5.75 Å². The zero-order chi connectivity index (χ0) is 13.8. The molecule has 0 spiro atoms. The zero-order valence-electron chi connectivity index (χ0n) is 11.8. The van der Waals surface area contributed by atoms with Gasteiger partial charge in [-0.25, -0.2) is 0 Å². The Morgan fingerprint density at radius 3 is 3.10 bits per heavy atom. The Hall–Kier alpha value is -1.81. The lowest BCUT2D eigenvalue weighted by atomic mass is 9.92. The van der Waals surface area contributed by atoms with E-state index in [1.54, 1.807) is 0 Å². The lowest BCUT2D eigenvalue weighted by Gasteiger charge is -2.32. The molecule has 2 heterocycles. The van der Waals surface area contributed by atoms with E-state index < -0.39 is 0 Å². The van der Waals surface area contributed by atoms with Gasteiger partial charge in [-0.05, 0) is 25.1 Å². The number of ether oxygens (including phenoxy) is 1. The van der Waals surface area contributed by atoms with E-state index >= 15 is 0 Å². The van der Waals surface area contributed by atoms with Crippen LogP contribution in [0.15, 0.2) is 42.7 Å². The third kappa shape index (κ3) is 2.85. The maximum Gasteiger partial charge on any atom is 0.124 e. The van der Waals surface area contributed by atoms with Crippen molar-refractivity contribution in [2.75, 3.05) is 13.2 Å². The van der Waals surface area contributed by atoms with Crippen LogP contribution in [0.4, 0.5) is 0 Å². The highest BCUT2D eigenvalue weighted by Crippen LogP contribution is 2.34. The number of para-hydroxylation sites is 1. The molecule has 4 nitrogen and oxygen atoms in total. The summed E-state index contributed by atoms with van der Waals surface area (Å²) in [5, 5.41) is 7.89. The molecule has 4 heteroatoms. The molecule has 0 amide bonds. The lowest BCUT2D eigenvalue weighted by Crippen LogP contribution is -2.34. The summed E-state index contributed by atoms with van der Waals surface area (Å²) in [6.45, 7) is 4.97. The van der Waals surface area contributed by atoms with Crippen molar-refractivity contribution >= 4 is 0 Å². The van der Waals surface area contributed by atoms with Crippen molar-refractivity contribution in [2.45, 2.75) is 25.9 Å².